The van der Waals surface area contributed by atoms with Gasteiger partial charge in [-0.1, -0.05) is 27.4 Å². The monoisotopic (exact) mass is 432 g/mol. The average Bonchev–Trinajstić information content (AvgIpc) is 3.26. The van der Waals surface area contributed by atoms with E-state index in [4.69, 9.17) is 18.6 Å². The molecule has 0 aliphatic heterocycles. The molecule has 2 aliphatic carbocycles. The molecule has 2 bridgehead atoms. The number of hydrogen-bond acceptors (Lipinski definition) is 5. The van der Waals surface area contributed by atoms with Crippen LogP contribution in [0.15, 0.2) is 36.4 Å². The fourth-order valence-corrected chi connectivity index (χ4v) is 8.37. The topological polar surface area (TPSA) is 54.0 Å². The van der Waals surface area contributed by atoms with E-state index in [1.165, 1.54) is 0 Å². The van der Waals surface area contributed by atoms with Gasteiger partial charge in [0.25, 0.3) is 0 Å². The Morgan fingerprint density at radius 2 is 1.73 bits per heavy atom. The molecular weight excluding hydrogens is 396 g/mol. The first kappa shape index (κ1) is 23.0. The van der Waals surface area contributed by atoms with Crippen LogP contribution in [0.2, 0.25) is 18.1 Å². The molecule has 3 atom stereocenters. The zero-order chi connectivity index (χ0) is 21.8. The second-order valence-electron chi connectivity index (χ2n) is 8.53. The first-order valence-corrected chi connectivity index (χ1v) is 13.7. The van der Waals surface area contributed by atoms with Crippen molar-refractivity contribution >= 4 is 14.1 Å². The van der Waals surface area contributed by atoms with Crippen LogP contribution in [0.25, 0.3) is 0 Å². The number of carbonyl (C=O) groups is 1. The third-order valence-electron chi connectivity index (χ3n) is 7.28. The number of methoxy groups -OCH3 is 1. The van der Waals surface area contributed by atoms with Crippen molar-refractivity contribution in [2.45, 2.75) is 63.8 Å². The Bertz CT molecular complexity index is 734. The minimum absolute atomic E-state index is 0.0577. The molecule has 1 aromatic rings. The first-order chi connectivity index (χ1) is 14.4. The number of ketones is 1. The molecule has 2 aliphatic rings. The van der Waals surface area contributed by atoms with E-state index in [9.17, 15) is 4.79 Å². The predicted molar refractivity (Wildman–Crippen MR) is 120 cm³/mol. The van der Waals surface area contributed by atoms with Crippen LogP contribution in [0.1, 0.15) is 40.0 Å². The van der Waals surface area contributed by atoms with Crippen molar-refractivity contribution < 1.29 is 23.4 Å². The molecule has 0 radical (unpaired) electrons. The van der Waals surface area contributed by atoms with Gasteiger partial charge in [0.2, 0.25) is 0 Å². The predicted octanol–water partition coefficient (Wildman–Crippen LogP) is 5.36. The fourth-order valence-electron chi connectivity index (χ4n) is 5.27. The van der Waals surface area contributed by atoms with Gasteiger partial charge < -0.3 is 18.6 Å². The van der Waals surface area contributed by atoms with Gasteiger partial charge in [-0.3, -0.25) is 4.79 Å². The van der Waals surface area contributed by atoms with Crippen LogP contribution < -0.4 is 9.47 Å². The van der Waals surface area contributed by atoms with E-state index in [0.717, 1.165) is 48.0 Å². The summed E-state index contributed by atoms with van der Waals surface area (Å²) in [5.74, 6) is 2.03. The molecule has 0 unspecified atom stereocenters. The SMILES string of the molecule is C=C(COCOc1ccc(OC)cc1)[C@@]1(O[Si](CC)(CC)CC)[C@@H]2CC[C@H]1C(=O)C2. The Morgan fingerprint density at radius 3 is 2.23 bits per heavy atom. The van der Waals surface area contributed by atoms with Gasteiger partial charge in [0.05, 0.1) is 19.3 Å². The standard InChI is InChI=1S/C24H36O5Si/c1-6-30(7-2,8-3)29-24(19-9-14-22(24)23(25)15-19)18(4)16-27-17-28-21-12-10-20(26-5)11-13-21/h10-13,19,22H,4,6-9,14-17H2,1-3,5H3/t19-,22+,24-/m1/s1. The maximum absolute atomic E-state index is 12.7. The summed E-state index contributed by atoms with van der Waals surface area (Å²) in [6.07, 6.45) is 2.57. The molecule has 2 fully saturated rings. The number of carbonyl (C=O) groups excluding carboxylic acids is 1. The smallest absolute Gasteiger partial charge is 0.193 e. The maximum atomic E-state index is 12.7. The van der Waals surface area contributed by atoms with Gasteiger partial charge in [-0.05, 0) is 66.7 Å². The summed E-state index contributed by atoms with van der Waals surface area (Å²) in [4.78, 5) is 12.7. The van der Waals surface area contributed by atoms with Gasteiger partial charge in [-0.25, -0.2) is 0 Å². The van der Waals surface area contributed by atoms with E-state index in [2.05, 4.69) is 27.4 Å². The highest BCUT2D eigenvalue weighted by atomic mass is 28.4. The normalized spacial score (nSPS) is 25.5. The lowest BCUT2D eigenvalue weighted by Crippen LogP contribution is -2.52. The molecule has 0 aromatic heterocycles. The van der Waals surface area contributed by atoms with Crippen molar-refractivity contribution in [3.8, 4) is 11.5 Å². The molecule has 0 amide bonds. The first-order valence-electron chi connectivity index (χ1n) is 11.2. The van der Waals surface area contributed by atoms with Crippen molar-refractivity contribution in [3.63, 3.8) is 0 Å². The molecule has 5 nitrogen and oxygen atoms in total. The quantitative estimate of drug-likeness (QED) is 0.192. The Hall–Kier alpha value is -1.63. The highest BCUT2D eigenvalue weighted by Crippen LogP contribution is 2.57. The van der Waals surface area contributed by atoms with Crippen molar-refractivity contribution in [2.24, 2.45) is 11.8 Å². The lowest BCUT2D eigenvalue weighted by atomic mass is 9.84. The van der Waals surface area contributed by atoms with Gasteiger partial charge >= 0.3 is 0 Å². The van der Waals surface area contributed by atoms with Crippen LogP contribution in [-0.4, -0.2) is 40.2 Å². The number of fused-ring (bicyclic) bond motifs is 2. The minimum Gasteiger partial charge on any atom is -0.497 e. The van der Waals surface area contributed by atoms with Crippen LogP contribution in [-0.2, 0) is 14.0 Å². The van der Waals surface area contributed by atoms with Gasteiger partial charge in [0, 0.05) is 12.3 Å². The number of benzene rings is 1. The summed E-state index contributed by atoms with van der Waals surface area (Å²) in [6.45, 7) is 11.5. The molecule has 3 rings (SSSR count). The van der Waals surface area contributed by atoms with Crippen LogP contribution in [0.3, 0.4) is 0 Å². The van der Waals surface area contributed by atoms with E-state index in [1.807, 2.05) is 24.3 Å². The second-order valence-corrected chi connectivity index (χ2v) is 13.2. The van der Waals surface area contributed by atoms with E-state index in [1.54, 1.807) is 7.11 Å². The van der Waals surface area contributed by atoms with Gasteiger partial charge in [-0.15, -0.1) is 0 Å². The van der Waals surface area contributed by atoms with Crippen molar-refractivity contribution in [3.05, 3.63) is 36.4 Å². The highest BCUT2D eigenvalue weighted by molar-refractivity contribution is 6.73. The maximum Gasteiger partial charge on any atom is 0.193 e. The van der Waals surface area contributed by atoms with Crippen LogP contribution >= 0.6 is 0 Å². The van der Waals surface area contributed by atoms with Crippen molar-refractivity contribution in [1.82, 2.24) is 0 Å². The molecule has 2 saturated carbocycles. The Balaban J connectivity index is 1.67. The molecule has 0 heterocycles. The Kier molecular flexibility index (Phi) is 7.42. The summed E-state index contributed by atoms with van der Waals surface area (Å²) >= 11 is 0. The third-order valence-corrected chi connectivity index (χ3v) is 11.9. The molecule has 0 N–H and O–H groups in total. The van der Waals surface area contributed by atoms with E-state index < -0.39 is 13.9 Å². The third kappa shape index (κ3) is 4.23. The lowest BCUT2D eigenvalue weighted by Gasteiger charge is -2.44. The van der Waals surface area contributed by atoms with E-state index in [-0.39, 0.29) is 18.6 Å². The fraction of sp³-hybridized carbons (Fsp3) is 0.625. The molecule has 30 heavy (non-hydrogen) atoms. The van der Waals surface area contributed by atoms with Gasteiger partial charge in [-0.2, -0.15) is 0 Å². The number of ether oxygens (including phenoxy) is 3. The number of rotatable bonds is 12. The summed E-state index contributed by atoms with van der Waals surface area (Å²) in [5.41, 5.74) is 0.372. The van der Waals surface area contributed by atoms with Crippen molar-refractivity contribution in [2.75, 3.05) is 20.5 Å². The Morgan fingerprint density at radius 1 is 1.10 bits per heavy atom. The highest BCUT2D eigenvalue weighted by Gasteiger charge is 2.62. The van der Waals surface area contributed by atoms with Crippen molar-refractivity contribution in [1.29, 1.82) is 0 Å². The number of hydrogen-bond donors (Lipinski definition) is 0. The summed E-state index contributed by atoms with van der Waals surface area (Å²) in [5, 5.41) is 0. The molecule has 1 aromatic carbocycles. The zero-order valence-corrected chi connectivity index (χ0v) is 19.9. The summed E-state index contributed by atoms with van der Waals surface area (Å²) in [7, 11) is -0.276. The van der Waals surface area contributed by atoms with E-state index in [0.29, 0.717) is 18.8 Å². The second kappa shape index (κ2) is 9.67. The Labute approximate surface area is 181 Å². The molecule has 6 heteroatoms. The molecule has 166 valence electrons. The zero-order valence-electron chi connectivity index (χ0n) is 18.9. The molecule has 0 saturated heterocycles. The molecular formula is C24H36O5Si. The van der Waals surface area contributed by atoms with Crippen LogP contribution in [0.5, 0.6) is 11.5 Å². The van der Waals surface area contributed by atoms with Gasteiger partial charge in [0.15, 0.2) is 15.1 Å². The summed E-state index contributed by atoms with van der Waals surface area (Å²) in [6, 6.07) is 10.6. The summed E-state index contributed by atoms with van der Waals surface area (Å²) < 4.78 is 23.8. The molecule has 0 spiro atoms. The van der Waals surface area contributed by atoms with Crippen LogP contribution in [0, 0.1) is 11.8 Å². The van der Waals surface area contributed by atoms with Crippen LogP contribution in [0.4, 0.5) is 0 Å². The number of Topliss-reactive ketones (excluding diaryl/α,β-unsaturated/α-hetero) is 1. The van der Waals surface area contributed by atoms with Gasteiger partial charge in [0.1, 0.15) is 17.3 Å². The van der Waals surface area contributed by atoms with E-state index >= 15 is 0 Å². The largest absolute Gasteiger partial charge is 0.497 e. The minimum atomic E-state index is -1.91. The average molecular weight is 433 g/mol. The lowest BCUT2D eigenvalue weighted by molar-refractivity contribution is -0.123.